The highest BCUT2D eigenvalue weighted by molar-refractivity contribution is 5.37. The zero-order chi connectivity index (χ0) is 11.4. The molecule has 16 heavy (non-hydrogen) atoms. The van der Waals surface area contributed by atoms with E-state index < -0.39 is 0 Å². The van der Waals surface area contributed by atoms with Crippen LogP contribution in [0.25, 0.3) is 0 Å². The normalized spacial score (nSPS) is 21.6. The van der Waals surface area contributed by atoms with Crippen molar-refractivity contribution in [2.75, 3.05) is 19.6 Å². The molecule has 0 aliphatic carbocycles. The molecular formula is C13H17N3. The molecule has 3 nitrogen and oxygen atoms in total. The van der Waals surface area contributed by atoms with Crippen molar-refractivity contribution in [2.24, 2.45) is 0 Å². The lowest BCUT2D eigenvalue weighted by molar-refractivity contribution is 0.199. The summed E-state index contributed by atoms with van der Waals surface area (Å²) in [7, 11) is 0. The fourth-order valence-corrected chi connectivity index (χ4v) is 2.16. The third kappa shape index (κ3) is 2.60. The van der Waals surface area contributed by atoms with E-state index in [2.05, 4.69) is 23.2 Å². The molecule has 2 rings (SSSR count). The average molecular weight is 215 g/mol. The Labute approximate surface area is 96.7 Å². The minimum atomic E-state index is 0.544. The van der Waals surface area contributed by atoms with Gasteiger partial charge in [0.1, 0.15) is 0 Å². The minimum absolute atomic E-state index is 0.544. The molecule has 1 fully saturated rings. The van der Waals surface area contributed by atoms with E-state index in [9.17, 15) is 0 Å². The van der Waals surface area contributed by atoms with Crippen molar-refractivity contribution in [3.63, 3.8) is 0 Å². The molecule has 0 amide bonds. The number of hydrogen-bond acceptors (Lipinski definition) is 3. The standard InChI is InChI=1S/C13H17N3/c1-11-9-16(7-6-15-11)10-13-5-3-2-4-12(13)8-14/h2-5,11,15H,6-7,9-10H2,1H3. The van der Waals surface area contributed by atoms with Crippen molar-refractivity contribution in [3.8, 4) is 6.07 Å². The van der Waals surface area contributed by atoms with Crippen molar-refractivity contribution < 1.29 is 0 Å². The lowest BCUT2D eigenvalue weighted by Gasteiger charge is -2.31. The number of hydrogen-bond donors (Lipinski definition) is 1. The fourth-order valence-electron chi connectivity index (χ4n) is 2.16. The molecule has 1 aliphatic heterocycles. The van der Waals surface area contributed by atoms with Gasteiger partial charge in [-0.1, -0.05) is 18.2 Å². The Balaban J connectivity index is 2.06. The van der Waals surface area contributed by atoms with Crippen LogP contribution in [0.1, 0.15) is 18.1 Å². The first-order valence-corrected chi connectivity index (χ1v) is 5.73. The number of nitrogens with zero attached hydrogens (tertiary/aromatic N) is 2. The Kier molecular flexibility index (Phi) is 3.55. The summed E-state index contributed by atoms with van der Waals surface area (Å²) >= 11 is 0. The topological polar surface area (TPSA) is 39.1 Å². The number of rotatable bonds is 2. The predicted molar refractivity (Wildman–Crippen MR) is 63.9 cm³/mol. The molecule has 1 unspecified atom stereocenters. The monoisotopic (exact) mass is 215 g/mol. The van der Waals surface area contributed by atoms with Crippen LogP contribution in [-0.2, 0) is 6.54 Å². The molecule has 0 spiro atoms. The number of nitrogens with one attached hydrogen (secondary N) is 1. The summed E-state index contributed by atoms with van der Waals surface area (Å²) in [4.78, 5) is 2.40. The van der Waals surface area contributed by atoms with Gasteiger partial charge in [0.25, 0.3) is 0 Å². The number of nitriles is 1. The van der Waals surface area contributed by atoms with Crippen molar-refractivity contribution >= 4 is 0 Å². The lowest BCUT2D eigenvalue weighted by atomic mass is 10.1. The molecule has 3 heteroatoms. The molecule has 0 radical (unpaired) electrons. The van der Waals surface area contributed by atoms with E-state index in [1.54, 1.807) is 0 Å². The Bertz CT molecular complexity index is 394. The van der Waals surface area contributed by atoms with Gasteiger partial charge < -0.3 is 5.32 Å². The van der Waals surface area contributed by atoms with E-state index in [1.165, 1.54) is 0 Å². The van der Waals surface area contributed by atoms with Crippen molar-refractivity contribution in [1.82, 2.24) is 10.2 Å². The lowest BCUT2D eigenvalue weighted by Crippen LogP contribution is -2.48. The third-order valence-corrected chi connectivity index (χ3v) is 2.98. The van der Waals surface area contributed by atoms with E-state index in [1.807, 2.05) is 24.3 Å². The van der Waals surface area contributed by atoms with Gasteiger partial charge in [0.2, 0.25) is 0 Å². The van der Waals surface area contributed by atoms with Crippen LogP contribution in [0.2, 0.25) is 0 Å². The first-order chi connectivity index (χ1) is 7.79. The molecular weight excluding hydrogens is 198 g/mol. The molecule has 1 N–H and O–H groups in total. The number of benzene rings is 1. The van der Waals surface area contributed by atoms with Crippen molar-refractivity contribution in [1.29, 1.82) is 5.26 Å². The van der Waals surface area contributed by atoms with Crippen LogP contribution in [0, 0.1) is 11.3 Å². The summed E-state index contributed by atoms with van der Waals surface area (Å²) < 4.78 is 0. The Morgan fingerprint density at radius 1 is 1.50 bits per heavy atom. The van der Waals surface area contributed by atoms with Gasteiger partial charge in [0, 0.05) is 32.2 Å². The summed E-state index contributed by atoms with van der Waals surface area (Å²) in [6, 6.07) is 10.7. The summed E-state index contributed by atoms with van der Waals surface area (Å²) in [5.74, 6) is 0. The van der Waals surface area contributed by atoms with Crippen molar-refractivity contribution in [3.05, 3.63) is 35.4 Å². The molecule has 1 heterocycles. The maximum atomic E-state index is 9.02. The molecule has 0 bridgehead atoms. The van der Waals surface area contributed by atoms with Crippen LogP contribution in [0.4, 0.5) is 0 Å². The van der Waals surface area contributed by atoms with Crippen LogP contribution >= 0.6 is 0 Å². The highest BCUT2D eigenvalue weighted by atomic mass is 15.2. The van der Waals surface area contributed by atoms with Gasteiger partial charge in [0.05, 0.1) is 11.6 Å². The van der Waals surface area contributed by atoms with Crippen LogP contribution < -0.4 is 5.32 Å². The van der Waals surface area contributed by atoms with Gasteiger partial charge >= 0.3 is 0 Å². The second-order valence-corrected chi connectivity index (χ2v) is 4.36. The van der Waals surface area contributed by atoms with Crippen molar-refractivity contribution in [2.45, 2.75) is 19.5 Å². The zero-order valence-electron chi connectivity index (χ0n) is 9.61. The average Bonchev–Trinajstić information content (AvgIpc) is 2.30. The first kappa shape index (κ1) is 11.1. The molecule has 0 aromatic heterocycles. The van der Waals surface area contributed by atoms with Crippen LogP contribution in [0.15, 0.2) is 24.3 Å². The van der Waals surface area contributed by atoms with Gasteiger partial charge in [-0.3, -0.25) is 4.90 Å². The van der Waals surface area contributed by atoms with E-state index in [-0.39, 0.29) is 0 Å². The minimum Gasteiger partial charge on any atom is -0.312 e. The Morgan fingerprint density at radius 3 is 3.06 bits per heavy atom. The third-order valence-electron chi connectivity index (χ3n) is 2.98. The largest absolute Gasteiger partial charge is 0.312 e. The SMILES string of the molecule is CC1CN(Cc2ccccc2C#N)CCN1. The van der Waals surface area contributed by atoms with E-state index in [0.717, 1.165) is 37.3 Å². The fraction of sp³-hybridized carbons (Fsp3) is 0.462. The summed E-state index contributed by atoms with van der Waals surface area (Å²) in [5, 5.41) is 12.4. The van der Waals surface area contributed by atoms with Gasteiger partial charge in [-0.05, 0) is 18.6 Å². The quantitative estimate of drug-likeness (QED) is 0.809. The van der Waals surface area contributed by atoms with Crippen LogP contribution in [0.5, 0.6) is 0 Å². The molecule has 1 atom stereocenters. The maximum Gasteiger partial charge on any atom is 0.0995 e. The van der Waals surface area contributed by atoms with E-state index >= 15 is 0 Å². The summed E-state index contributed by atoms with van der Waals surface area (Å²) in [6.07, 6.45) is 0. The first-order valence-electron chi connectivity index (χ1n) is 5.73. The summed E-state index contributed by atoms with van der Waals surface area (Å²) in [5.41, 5.74) is 1.94. The molecule has 84 valence electrons. The van der Waals surface area contributed by atoms with Crippen LogP contribution in [0.3, 0.4) is 0 Å². The van der Waals surface area contributed by atoms with Crippen LogP contribution in [-0.4, -0.2) is 30.6 Å². The maximum absolute atomic E-state index is 9.02. The highest BCUT2D eigenvalue weighted by Gasteiger charge is 2.16. The smallest absolute Gasteiger partial charge is 0.0995 e. The second kappa shape index (κ2) is 5.11. The molecule has 1 aromatic carbocycles. The zero-order valence-corrected chi connectivity index (χ0v) is 9.61. The highest BCUT2D eigenvalue weighted by Crippen LogP contribution is 2.12. The molecule has 1 saturated heterocycles. The van der Waals surface area contributed by atoms with Gasteiger partial charge in [-0.15, -0.1) is 0 Å². The molecule has 1 aromatic rings. The van der Waals surface area contributed by atoms with Gasteiger partial charge in [-0.2, -0.15) is 5.26 Å². The number of piperazine rings is 1. The molecule has 0 saturated carbocycles. The Hall–Kier alpha value is -1.37. The summed E-state index contributed by atoms with van der Waals surface area (Å²) in [6.45, 7) is 6.23. The predicted octanol–water partition coefficient (Wildman–Crippen LogP) is 1.35. The molecule has 1 aliphatic rings. The second-order valence-electron chi connectivity index (χ2n) is 4.36. The van der Waals surface area contributed by atoms with E-state index in [0.29, 0.717) is 6.04 Å². The van der Waals surface area contributed by atoms with Gasteiger partial charge in [0.15, 0.2) is 0 Å². The van der Waals surface area contributed by atoms with Gasteiger partial charge in [-0.25, -0.2) is 0 Å². The Morgan fingerprint density at radius 2 is 2.31 bits per heavy atom. The van der Waals surface area contributed by atoms with E-state index in [4.69, 9.17) is 5.26 Å².